The van der Waals surface area contributed by atoms with Crippen LogP contribution in [0.1, 0.15) is 35.2 Å². The number of rotatable bonds is 4. The van der Waals surface area contributed by atoms with Gasteiger partial charge in [-0.05, 0) is 49.1 Å². The molecular formula is C25H26ClFN4O4. The van der Waals surface area contributed by atoms with Crippen LogP contribution in [0.5, 0.6) is 5.75 Å². The van der Waals surface area contributed by atoms with Crippen LogP contribution in [0.4, 0.5) is 9.18 Å². The van der Waals surface area contributed by atoms with Crippen molar-refractivity contribution in [1.82, 2.24) is 19.8 Å². The lowest BCUT2D eigenvalue weighted by molar-refractivity contribution is 0.0946. The Kier molecular flexibility index (Phi) is 7.55. The summed E-state index contributed by atoms with van der Waals surface area (Å²) in [5.74, 6) is -1.56. The third-order valence-corrected chi connectivity index (χ3v) is 6.19. The van der Waals surface area contributed by atoms with Gasteiger partial charge in [0.2, 0.25) is 0 Å². The minimum atomic E-state index is -0.730. The third kappa shape index (κ3) is 5.92. The molecule has 2 aromatic carbocycles. The maximum Gasteiger partial charge on any atom is 0.410 e. The normalized spacial score (nSPS) is 16.7. The molecule has 5 rings (SSSR count). The number of phenolic OH excluding ortho intramolecular Hbond substituents is 1. The van der Waals surface area contributed by atoms with Gasteiger partial charge in [0.05, 0.1) is 23.6 Å². The SMILES string of the molecule is Cn1cnc(-c2cc(F)c(C(=O)NCc3ccc(Cl)cc3)cc2O)c1.O=C1OCC2CCCCN12. The number of aromatic nitrogens is 2. The molecule has 0 saturated carbocycles. The van der Waals surface area contributed by atoms with Gasteiger partial charge in [-0.1, -0.05) is 23.7 Å². The van der Waals surface area contributed by atoms with Crippen LogP contribution >= 0.6 is 11.6 Å². The quantitative estimate of drug-likeness (QED) is 0.549. The molecule has 0 aliphatic carbocycles. The smallest absolute Gasteiger partial charge is 0.410 e. The second kappa shape index (κ2) is 10.8. The molecule has 35 heavy (non-hydrogen) atoms. The van der Waals surface area contributed by atoms with Crippen molar-refractivity contribution in [1.29, 1.82) is 0 Å². The average molecular weight is 501 g/mol. The standard InChI is InChI=1S/C18H15ClFN3O2.C7H11NO2/c1-23-9-16(22-10-23)14-6-15(20)13(7-17(14)24)18(25)21-8-11-2-4-12(19)5-3-11;9-7-8-4-2-1-3-6(8)5-10-7/h2-7,9-10,24H,8H2,1H3,(H,21,25);6H,1-5H2. The summed E-state index contributed by atoms with van der Waals surface area (Å²) >= 11 is 5.80. The number of phenols is 1. The van der Waals surface area contributed by atoms with Crippen LogP contribution in [0.15, 0.2) is 48.9 Å². The second-order valence-electron chi connectivity index (χ2n) is 8.50. The highest BCUT2D eigenvalue weighted by molar-refractivity contribution is 6.30. The second-order valence-corrected chi connectivity index (χ2v) is 8.94. The zero-order valence-electron chi connectivity index (χ0n) is 19.2. The summed E-state index contributed by atoms with van der Waals surface area (Å²) in [5.41, 5.74) is 1.25. The minimum absolute atomic E-state index is 0.107. The van der Waals surface area contributed by atoms with Crippen molar-refractivity contribution in [2.75, 3.05) is 13.2 Å². The minimum Gasteiger partial charge on any atom is -0.507 e. The molecule has 2 fully saturated rings. The molecule has 2 saturated heterocycles. The lowest BCUT2D eigenvalue weighted by Gasteiger charge is -2.25. The molecule has 10 heteroatoms. The molecule has 1 unspecified atom stereocenters. The van der Waals surface area contributed by atoms with Crippen molar-refractivity contribution >= 4 is 23.6 Å². The number of halogens is 2. The number of amides is 2. The maximum atomic E-state index is 14.3. The van der Waals surface area contributed by atoms with Gasteiger partial charge in [0.1, 0.15) is 18.2 Å². The Morgan fingerprint density at radius 2 is 2.06 bits per heavy atom. The Morgan fingerprint density at radius 3 is 2.74 bits per heavy atom. The van der Waals surface area contributed by atoms with Gasteiger partial charge >= 0.3 is 6.09 Å². The van der Waals surface area contributed by atoms with Crippen LogP contribution in [0.2, 0.25) is 5.02 Å². The van der Waals surface area contributed by atoms with E-state index in [0.29, 0.717) is 23.4 Å². The predicted octanol–water partition coefficient (Wildman–Crippen LogP) is 4.51. The van der Waals surface area contributed by atoms with Crippen molar-refractivity contribution in [2.24, 2.45) is 7.05 Å². The fourth-order valence-corrected chi connectivity index (χ4v) is 4.16. The number of hydrogen-bond donors (Lipinski definition) is 2. The first-order valence-electron chi connectivity index (χ1n) is 11.3. The van der Waals surface area contributed by atoms with Crippen molar-refractivity contribution < 1.29 is 23.8 Å². The molecule has 184 valence electrons. The number of hydrogen-bond acceptors (Lipinski definition) is 5. The molecule has 1 atom stereocenters. The van der Waals surface area contributed by atoms with E-state index >= 15 is 0 Å². The van der Waals surface area contributed by atoms with Crippen LogP contribution in [-0.2, 0) is 18.3 Å². The first kappa shape index (κ1) is 24.5. The van der Waals surface area contributed by atoms with Crippen LogP contribution in [0.25, 0.3) is 11.3 Å². The van der Waals surface area contributed by atoms with Crippen molar-refractivity contribution in [3.63, 3.8) is 0 Å². The third-order valence-electron chi connectivity index (χ3n) is 5.94. The Labute approximate surface area is 207 Å². The first-order valence-corrected chi connectivity index (χ1v) is 11.7. The number of ether oxygens (including phenoxy) is 1. The molecule has 1 aromatic heterocycles. The fourth-order valence-electron chi connectivity index (χ4n) is 4.04. The molecule has 2 aliphatic rings. The predicted molar refractivity (Wildman–Crippen MR) is 129 cm³/mol. The molecule has 0 bridgehead atoms. The molecular weight excluding hydrogens is 475 g/mol. The number of carbonyl (C=O) groups excluding carboxylic acids is 2. The van der Waals surface area contributed by atoms with Crippen molar-refractivity contribution in [3.05, 3.63) is 70.9 Å². The summed E-state index contributed by atoms with van der Waals surface area (Å²) < 4.78 is 20.9. The van der Waals surface area contributed by atoms with Gasteiger partial charge in [-0.2, -0.15) is 0 Å². The molecule has 2 N–H and O–H groups in total. The van der Waals surface area contributed by atoms with E-state index in [9.17, 15) is 19.1 Å². The van der Waals surface area contributed by atoms with E-state index in [0.717, 1.165) is 37.1 Å². The number of aryl methyl sites for hydroxylation is 1. The Bertz CT molecular complexity index is 1210. The number of imidazole rings is 1. The Hall–Kier alpha value is -3.59. The van der Waals surface area contributed by atoms with Crippen LogP contribution in [-0.4, -0.2) is 50.8 Å². The molecule has 0 spiro atoms. The summed E-state index contributed by atoms with van der Waals surface area (Å²) in [5, 5.41) is 13.3. The number of piperidine rings is 1. The molecule has 2 aliphatic heterocycles. The molecule has 2 amide bonds. The maximum absolute atomic E-state index is 14.3. The van der Waals surface area contributed by atoms with Gasteiger partial charge in [-0.3, -0.25) is 4.79 Å². The van der Waals surface area contributed by atoms with Gasteiger partial charge in [0.15, 0.2) is 0 Å². The van der Waals surface area contributed by atoms with Gasteiger partial charge < -0.3 is 24.6 Å². The van der Waals surface area contributed by atoms with E-state index in [4.69, 9.17) is 16.3 Å². The number of aromatic hydroxyl groups is 1. The number of nitrogens with one attached hydrogen (secondary N) is 1. The highest BCUT2D eigenvalue weighted by Gasteiger charge is 2.34. The van der Waals surface area contributed by atoms with Gasteiger partial charge in [0, 0.05) is 36.9 Å². The van der Waals surface area contributed by atoms with E-state index in [1.807, 2.05) is 4.90 Å². The van der Waals surface area contributed by atoms with Gasteiger partial charge in [-0.25, -0.2) is 14.2 Å². The number of nitrogens with zero attached hydrogens (tertiary/aromatic N) is 3. The van der Waals surface area contributed by atoms with Crippen LogP contribution < -0.4 is 5.32 Å². The lowest BCUT2D eigenvalue weighted by Crippen LogP contribution is -2.37. The molecule has 3 aromatic rings. The van der Waals surface area contributed by atoms with E-state index in [2.05, 4.69) is 10.3 Å². The highest BCUT2D eigenvalue weighted by Crippen LogP contribution is 2.30. The molecule has 3 heterocycles. The zero-order valence-corrected chi connectivity index (χ0v) is 20.0. The fraction of sp³-hybridized carbons (Fsp3) is 0.320. The monoisotopic (exact) mass is 500 g/mol. The highest BCUT2D eigenvalue weighted by atomic mass is 35.5. The van der Waals surface area contributed by atoms with Gasteiger partial charge in [-0.15, -0.1) is 0 Å². The number of fused-ring (bicyclic) bond motifs is 1. The molecule has 0 radical (unpaired) electrons. The van der Waals surface area contributed by atoms with Crippen LogP contribution in [0.3, 0.4) is 0 Å². The van der Waals surface area contributed by atoms with Crippen molar-refractivity contribution in [2.45, 2.75) is 31.8 Å². The van der Waals surface area contributed by atoms with Gasteiger partial charge in [0.25, 0.3) is 5.91 Å². The number of cyclic esters (lactones) is 1. The first-order chi connectivity index (χ1) is 16.8. The summed E-state index contributed by atoms with van der Waals surface area (Å²) in [6, 6.07) is 9.56. The number of benzene rings is 2. The summed E-state index contributed by atoms with van der Waals surface area (Å²) in [6.07, 6.45) is 6.60. The summed E-state index contributed by atoms with van der Waals surface area (Å²) in [6.45, 7) is 1.75. The molecule has 8 nitrogen and oxygen atoms in total. The topological polar surface area (TPSA) is 96.7 Å². The van der Waals surface area contributed by atoms with Crippen molar-refractivity contribution in [3.8, 4) is 17.0 Å². The number of carbonyl (C=O) groups is 2. The largest absolute Gasteiger partial charge is 0.507 e. The van der Waals surface area contributed by atoms with E-state index < -0.39 is 11.7 Å². The summed E-state index contributed by atoms with van der Waals surface area (Å²) in [4.78, 5) is 29.0. The lowest BCUT2D eigenvalue weighted by atomic mass is 10.0. The van der Waals surface area contributed by atoms with E-state index in [1.54, 1.807) is 48.4 Å². The Balaban J connectivity index is 0.000000239. The van der Waals surface area contributed by atoms with Crippen LogP contribution in [0, 0.1) is 5.82 Å². The zero-order chi connectivity index (χ0) is 24.9. The summed E-state index contributed by atoms with van der Waals surface area (Å²) in [7, 11) is 1.77. The van der Waals surface area contributed by atoms with E-state index in [-0.39, 0.29) is 29.5 Å². The Morgan fingerprint density at radius 1 is 1.29 bits per heavy atom. The average Bonchev–Trinajstić information content (AvgIpc) is 3.46. The van der Waals surface area contributed by atoms with E-state index in [1.165, 1.54) is 6.42 Å².